The molecule has 0 bridgehead atoms. The third-order valence-electron chi connectivity index (χ3n) is 2.08. The highest BCUT2D eigenvalue weighted by molar-refractivity contribution is 5.77. The number of hydrogen-bond donors (Lipinski definition) is 1. The van der Waals surface area contributed by atoms with Crippen molar-refractivity contribution >= 4 is 11.0 Å². The smallest absolute Gasteiger partial charge is 0.134 e. The van der Waals surface area contributed by atoms with E-state index in [-0.39, 0.29) is 6.04 Å². The Hall–Kier alpha value is -1.28. The van der Waals surface area contributed by atoms with E-state index in [0.29, 0.717) is 0 Å². The predicted octanol–water partition coefficient (Wildman–Crippen LogP) is 2.32. The molecule has 0 radical (unpaired) electrons. The van der Waals surface area contributed by atoms with Gasteiger partial charge in [0.2, 0.25) is 0 Å². The Morgan fingerprint density at radius 2 is 2.23 bits per heavy atom. The van der Waals surface area contributed by atoms with E-state index >= 15 is 0 Å². The Morgan fingerprint density at radius 3 is 3.00 bits per heavy atom. The molecule has 0 aliphatic carbocycles. The van der Waals surface area contributed by atoms with Crippen molar-refractivity contribution in [2.45, 2.75) is 19.4 Å². The molecule has 0 aliphatic heterocycles. The van der Waals surface area contributed by atoms with Gasteiger partial charge in [0.05, 0.1) is 6.26 Å². The lowest BCUT2D eigenvalue weighted by molar-refractivity contribution is 0.614. The molecule has 1 aromatic carbocycles. The average Bonchev–Trinajstić information content (AvgIpc) is 2.49. The van der Waals surface area contributed by atoms with Crippen LogP contribution in [-0.2, 0) is 6.42 Å². The Kier molecular flexibility index (Phi) is 2.07. The van der Waals surface area contributed by atoms with Crippen molar-refractivity contribution < 1.29 is 4.42 Å². The Balaban J connectivity index is 2.37. The minimum atomic E-state index is 0.201. The third-order valence-corrected chi connectivity index (χ3v) is 2.08. The summed E-state index contributed by atoms with van der Waals surface area (Å²) in [4.78, 5) is 0. The van der Waals surface area contributed by atoms with Gasteiger partial charge in [-0.05, 0) is 31.0 Å². The molecule has 1 atom stereocenters. The molecule has 0 fully saturated rings. The standard InChI is InChI=1S/C11H13NO/c1-8(12)6-9-2-3-10-4-5-13-11(10)7-9/h2-5,7-8H,6,12H2,1H3/t8-/m1/s1. The summed E-state index contributed by atoms with van der Waals surface area (Å²) in [5.41, 5.74) is 7.89. The number of nitrogens with two attached hydrogens (primary N) is 1. The van der Waals surface area contributed by atoms with Crippen molar-refractivity contribution in [3.8, 4) is 0 Å². The van der Waals surface area contributed by atoms with Crippen LogP contribution < -0.4 is 5.73 Å². The maximum Gasteiger partial charge on any atom is 0.134 e. The number of furan rings is 1. The molecule has 13 heavy (non-hydrogen) atoms. The van der Waals surface area contributed by atoms with Gasteiger partial charge in [0.1, 0.15) is 5.58 Å². The van der Waals surface area contributed by atoms with E-state index in [1.165, 1.54) is 5.56 Å². The fourth-order valence-electron chi connectivity index (χ4n) is 1.50. The van der Waals surface area contributed by atoms with Crippen molar-refractivity contribution in [3.05, 3.63) is 36.1 Å². The van der Waals surface area contributed by atoms with Gasteiger partial charge in [-0.25, -0.2) is 0 Å². The first kappa shape index (κ1) is 8.32. The van der Waals surface area contributed by atoms with E-state index < -0.39 is 0 Å². The van der Waals surface area contributed by atoms with Gasteiger partial charge >= 0.3 is 0 Å². The second-order valence-corrected chi connectivity index (χ2v) is 3.47. The quantitative estimate of drug-likeness (QED) is 0.760. The van der Waals surface area contributed by atoms with Crippen molar-refractivity contribution in [3.63, 3.8) is 0 Å². The summed E-state index contributed by atoms with van der Waals surface area (Å²) in [5, 5.41) is 1.15. The van der Waals surface area contributed by atoms with Gasteiger partial charge in [0.15, 0.2) is 0 Å². The Bertz CT molecular complexity index is 403. The molecule has 68 valence electrons. The van der Waals surface area contributed by atoms with Crippen LogP contribution in [0.25, 0.3) is 11.0 Å². The summed E-state index contributed by atoms with van der Waals surface area (Å²) in [6.07, 6.45) is 2.61. The van der Waals surface area contributed by atoms with Crippen LogP contribution in [0.15, 0.2) is 34.9 Å². The molecule has 2 N–H and O–H groups in total. The fourth-order valence-corrected chi connectivity index (χ4v) is 1.50. The van der Waals surface area contributed by atoms with Crippen molar-refractivity contribution in [2.24, 2.45) is 5.73 Å². The second kappa shape index (κ2) is 3.23. The van der Waals surface area contributed by atoms with Crippen LogP contribution in [0.4, 0.5) is 0 Å². The largest absolute Gasteiger partial charge is 0.464 e. The topological polar surface area (TPSA) is 39.2 Å². The third kappa shape index (κ3) is 1.73. The highest BCUT2D eigenvalue weighted by Gasteiger charge is 2.00. The van der Waals surface area contributed by atoms with Crippen molar-refractivity contribution in [1.82, 2.24) is 0 Å². The maximum absolute atomic E-state index is 5.71. The number of rotatable bonds is 2. The SMILES string of the molecule is C[C@@H](N)Cc1ccc2ccoc2c1. The summed E-state index contributed by atoms with van der Waals surface area (Å²) in [5.74, 6) is 0. The van der Waals surface area contributed by atoms with Crippen molar-refractivity contribution in [2.75, 3.05) is 0 Å². The summed E-state index contributed by atoms with van der Waals surface area (Å²) in [6, 6.07) is 8.38. The van der Waals surface area contributed by atoms with Crippen LogP contribution in [-0.4, -0.2) is 6.04 Å². The van der Waals surface area contributed by atoms with Crippen LogP contribution in [0.1, 0.15) is 12.5 Å². The lowest BCUT2D eigenvalue weighted by Crippen LogP contribution is -2.17. The highest BCUT2D eigenvalue weighted by atomic mass is 16.3. The zero-order valence-electron chi connectivity index (χ0n) is 7.66. The van der Waals surface area contributed by atoms with Gasteiger partial charge < -0.3 is 10.2 Å². The van der Waals surface area contributed by atoms with E-state index in [2.05, 4.69) is 18.2 Å². The molecular weight excluding hydrogens is 162 g/mol. The summed E-state index contributed by atoms with van der Waals surface area (Å²) in [6.45, 7) is 2.01. The minimum absolute atomic E-state index is 0.201. The molecule has 2 aromatic rings. The zero-order valence-corrected chi connectivity index (χ0v) is 7.66. The number of fused-ring (bicyclic) bond motifs is 1. The molecule has 2 heteroatoms. The van der Waals surface area contributed by atoms with Gasteiger partial charge in [0.25, 0.3) is 0 Å². The van der Waals surface area contributed by atoms with Gasteiger partial charge in [-0.2, -0.15) is 0 Å². The first-order valence-corrected chi connectivity index (χ1v) is 4.47. The predicted molar refractivity (Wildman–Crippen MR) is 53.6 cm³/mol. The van der Waals surface area contributed by atoms with Crippen LogP contribution in [0.5, 0.6) is 0 Å². The lowest BCUT2D eigenvalue weighted by Gasteiger charge is -2.03. The van der Waals surface area contributed by atoms with Gasteiger partial charge in [-0.3, -0.25) is 0 Å². The molecule has 0 aliphatic rings. The van der Waals surface area contributed by atoms with E-state index in [1.54, 1.807) is 6.26 Å². The highest BCUT2D eigenvalue weighted by Crippen LogP contribution is 2.17. The molecule has 0 unspecified atom stereocenters. The number of benzene rings is 1. The molecule has 2 nitrogen and oxygen atoms in total. The Labute approximate surface area is 77.3 Å². The van der Waals surface area contributed by atoms with E-state index in [1.807, 2.05) is 13.0 Å². The summed E-state index contributed by atoms with van der Waals surface area (Å²) < 4.78 is 5.30. The monoisotopic (exact) mass is 175 g/mol. The number of hydrogen-bond acceptors (Lipinski definition) is 2. The first-order chi connectivity index (χ1) is 6.25. The minimum Gasteiger partial charge on any atom is -0.464 e. The maximum atomic E-state index is 5.71. The molecule has 0 saturated carbocycles. The van der Waals surface area contributed by atoms with E-state index in [9.17, 15) is 0 Å². The average molecular weight is 175 g/mol. The molecule has 0 amide bonds. The summed E-state index contributed by atoms with van der Waals surface area (Å²) >= 11 is 0. The first-order valence-electron chi connectivity index (χ1n) is 4.47. The van der Waals surface area contributed by atoms with Crippen LogP contribution >= 0.6 is 0 Å². The van der Waals surface area contributed by atoms with E-state index in [0.717, 1.165) is 17.4 Å². The molecule has 2 rings (SSSR count). The van der Waals surface area contributed by atoms with Gasteiger partial charge in [-0.1, -0.05) is 12.1 Å². The fraction of sp³-hybridized carbons (Fsp3) is 0.273. The molecule has 0 spiro atoms. The van der Waals surface area contributed by atoms with E-state index in [4.69, 9.17) is 10.2 Å². The molecular formula is C11H13NO. The molecule has 1 aromatic heterocycles. The van der Waals surface area contributed by atoms with Crippen LogP contribution in [0.2, 0.25) is 0 Å². The van der Waals surface area contributed by atoms with Crippen molar-refractivity contribution in [1.29, 1.82) is 0 Å². The lowest BCUT2D eigenvalue weighted by atomic mass is 10.1. The zero-order chi connectivity index (χ0) is 9.26. The normalized spacial score (nSPS) is 13.4. The van der Waals surface area contributed by atoms with Crippen LogP contribution in [0.3, 0.4) is 0 Å². The van der Waals surface area contributed by atoms with Crippen LogP contribution in [0, 0.1) is 0 Å². The summed E-state index contributed by atoms with van der Waals surface area (Å²) in [7, 11) is 0. The Morgan fingerprint density at radius 1 is 1.38 bits per heavy atom. The molecule has 0 saturated heterocycles. The van der Waals surface area contributed by atoms with Gasteiger partial charge in [-0.15, -0.1) is 0 Å². The van der Waals surface area contributed by atoms with Gasteiger partial charge in [0, 0.05) is 11.4 Å². The molecule has 1 heterocycles. The second-order valence-electron chi connectivity index (χ2n) is 3.47.